The van der Waals surface area contributed by atoms with E-state index in [0.717, 1.165) is 5.39 Å². The van der Waals surface area contributed by atoms with Crippen LogP contribution in [0.2, 0.25) is 0 Å². The molecule has 36 heavy (non-hydrogen) atoms. The van der Waals surface area contributed by atoms with Crippen molar-refractivity contribution in [3.05, 3.63) is 75.4 Å². The van der Waals surface area contributed by atoms with Gasteiger partial charge in [0.05, 0.1) is 23.4 Å². The zero-order chi connectivity index (χ0) is 25.7. The van der Waals surface area contributed by atoms with Gasteiger partial charge < -0.3 is 14.4 Å². The number of hydrogen-bond donors (Lipinski definition) is 0. The Labute approximate surface area is 213 Å². The molecule has 0 N–H and O–H groups in total. The quantitative estimate of drug-likeness (QED) is 0.211. The molecule has 4 rings (SSSR count). The zero-order valence-electron chi connectivity index (χ0n) is 20.8. The van der Waals surface area contributed by atoms with Crippen LogP contribution in [0, 0.1) is 0 Å². The molecule has 0 bridgehead atoms. The normalized spacial score (nSPS) is 11.2. The van der Waals surface area contributed by atoms with Crippen LogP contribution in [0.3, 0.4) is 0 Å². The van der Waals surface area contributed by atoms with E-state index in [4.69, 9.17) is 9.47 Å². The number of Topliss-reactive ketones (excluding diaryl/α,β-unsaturated/α-hetero) is 1. The number of thiophene rings is 1. The summed E-state index contributed by atoms with van der Waals surface area (Å²) < 4.78 is 13.7. The number of hydrogen-bond acceptors (Lipinski definition) is 6. The minimum Gasteiger partial charge on any atom is -0.489 e. The predicted molar refractivity (Wildman–Crippen MR) is 144 cm³/mol. The van der Waals surface area contributed by atoms with Gasteiger partial charge in [0.2, 0.25) is 0 Å². The van der Waals surface area contributed by atoms with Crippen molar-refractivity contribution in [3.8, 4) is 5.75 Å². The lowest BCUT2D eigenvalue weighted by Crippen LogP contribution is -2.30. The number of carbonyl (C=O) groups excluding carboxylic acids is 2. The van der Waals surface area contributed by atoms with Gasteiger partial charge in [-0.25, -0.2) is 0 Å². The van der Waals surface area contributed by atoms with E-state index in [1.54, 1.807) is 29.2 Å². The molecule has 1 amide bonds. The summed E-state index contributed by atoms with van der Waals surface area (Å²) in [5.74, 6) is -0.0815. The summed E-state index contributed by atoms with van der Waals surface area (Å²) in [6.07, 6.45) is 0. The lowest BCUT2D eigenvalue weighted by Gasteiger charge is -2.18. The van der Waals surface area contributed by atoms with E-state index in [2.05, 4.69) is 0 Å². The van der Waals surface area contributed by atoms with Crippen LogP contribution in [0.4, 0.5) is 0 Å². The number of amides is 1. The van der Waals surface area contributed by atoms with Crippen LogP contribution in [0.25, 0.3) is 21.0 Å². The van der Waals surface area contributed by atoms with Gasteiger partial charge in [0.1, 0.15) is 16.9 Å². The monoisotopic (exact) mass is 506 g/mol. The molecule has 0 fully saturated rings. The van der Waals surface area contributed by atoms with Gasteiger partial charge in [-0.1, -0.05) is 48.5 Å². The summed E-state index contributed by atoms with van der Waals surface area (Å²) in [6, 6.07) is 16.4. The molecule has 188 valence electrons. The van der Waals surface area contributed by atoms with Crippen molar-refractivity contribution in [3.63, 3.8) is 0 Å². The fourth-order valence-electron chi connectivity index (χ4n) is 4.24. The molecule has 8 heteroatoms. The molecular formula is C28H30N2O5S. The molecule has 0 saturated carbocycles. The number of pyridine rings is 1. The van der Waals surface area contributed by atoms with Crippen molar-refractivity contribution in [2.45, 2.75) is 27.3 Å². The molecule has 4 aromatic rings. The van der Waals surface area contributed by atoms with Crippen LogP contribution in [0.5, 0.6) is 5.75 Å². The molecule has 0 spiro atoms. The fraction of sp³-hybridized carbons (Fsp3) is 0.321. The number of ketones is 1. The minimum atomic E-state index is -0.353. The molecule has 0 aliphatic carbocycles. The molecular weight excluding hydrogens is 476 g/mol. The summed E-state index contributed by atoms with van der Waals surface area (Å²) in [7, 11) is 0. The maximum atomic E-state index is 13.9. The first kappa shape index (κ1) is 25.6. The number of rotatable bonds is 11. The van der Waals surface area contributed by atoms with Gasteiger partial charge in [0, 0.05) is 30.6 Å². The Hall–Kier alpha value is -3.49. The number of carbonyl (C=O) groups is 2. The minimum absolute atomic E-state index is 0.118. The first-order chi connectivity index (χ1) is 17.5. The van der Waals surface area contributed by atoms with E-state index < -0.39 is 0 Å². The summed E-state index contributed by atoms with van der Waals surface area (Å²) in [6.45, 7) is 7.77. The van der Waals surface area contributed by atoms with E-state index in [9.17, 15) is 14.4 Å². The highest BCUT2D eigenvalue weighted by molar-refractivity contribution is 7.22. The smallest absolute Gasteiger partial charge is 0.267 e. The average Bonchev–Trinajstić information content (AvgIpc) is 3.30. The first-order valence-corrected chi connectivity index (χ1v) is 13.0. The van der Waals surface area contributed by atoms with Crippen molar-refractivity contribution in [1.82, 2.24) is 9.47 Å². The van der Waals surface area contributed by atoms with Crippen molar-refractivity contribution in [1.29, 1.82) is 0 Å². The van der Waals surface area contributed by atoms with Gasteiger partial charge in [-0.3, -0.25) is 19.0 Å². The van der Waals surface area contributed by atoms with E-state index >= 15 is 0 Å². The van der Waals surface area contributed by atoms with E-state index in [-0.39, 0.29) is 36.2 Å². The van der Waals surface area contributed by atoms with Crippen LogP contribution in [0.15, 0.2) is 59.4 Å². The largest absolute Gasteiger partial charge is 0.489 e. The van der Waals surface area contributed by atoms with Gasteiger partial charge in [0.25, 0.3) is 11.5 Å². The average molecular weight is 507 g/mol. The number of para-hydroxylation sites is 1. The number of fused-ring (bicyclic) bond motifs is 3. The first-order valence-electron chi connectivity index (χ1n) is 12.2. The molecule has 7 nitrogen and oxygen atoms in total. The van der Waals surface area contributed by atoms with Crippen LogP contribution >= 0.6 is 11.3 Å². The highest BCUT2D eigenvalue weighted by Gasteiger charge is 2.28. The summed E-state index contributed by atoms with van der Waals surface area (Å²) in [5, 5.41) is 1.12. The molecule has 0 aliphatic heterocycles. The van der Waals surface area contributed by atoms with Gasteiger partial charge in [0.15, 0.2) is 11.5 Å². The Morgan fingerprint density at radius 3 is 2.33 bits per heavy atom. The number of ether oxygens (including phenoxy) is 2. The van der Waals surface area contributed by atoms with Gasteiger partial charge in [-0.05, 0) is 26.8 Å². The molecule has 2 aromatic heterocycles. The highest BCUT2D eigenvalue weighted by atomic mass is 32.1. The second-order valence-corrected chi connectivity index (χ2v) is 9.21. The fourth-order valence-corrected chi connectivity index (χ4v) is 5.48. The number of nitrogens with zero attached hydrogens (tertiary/aromatic N) is 2. The van der Waals surface area contributed by atoms with Crippen molar-refractivity contribution >= 4 is 44.0 Å². The maximum absolute atomic E-state index is 13.9. The van der Waals surface area contributed by atoms with Crippen LogP contribution < -0.4 is 10.3 Å². The maximum Gasteiger partial charge on any atom is 0.267 e. The molecule has 0 unspecified atom stereocenters. The summed E-state index contributed by atoms with van der Waals surface area (Å²) in [4.78, 5) is 42.6. The van der Waals surface area contributed by atoms with E-state index in [1.807, 2.05) is 51.1 Å². The van der Waals surface area contributed by atoms with Gasteiger partial charge >= 0.3 is 0 Å². The lowest BCUT2D eigenvalue weighted by molar-refractivity contribution is 0.0768. The third-order valence-electron chi connectivity index (χ3n) is 6.08. The Morgan fingerprint density at radius 2 is 1.64 bits per heavy atom. The number of aromatic nitrogens is 1. The third kappa shape index (κ3) is 4.92. The Balaban J connectivity index is 1.94. The topological polar surface area (TPSA) is 77.8 Å². The molecule has 0 aliphatic rings. The Morgan fingerprint density at radius 1 is 0.944 bits per heavy atom. The SMILES string of the molecule is CCOCCOc1c(C(=O)N(CC)CC)sc2c1c(=O)n(CC(=O)c1ccccc1)c1ccccc21. The van der Waals surface area contributed by atoms with Crippen molar-refractivity contribution < 1.29 is 19.1 Å². The molecule has 0 radical (unpaired) electrons. The molecule has 0 saturated heterocycles. The molecule has 2 heterocycles. The van der Waals surface area contributed by atoms with Crippen LogP contribution in [0.1, 0.15) is 40.8 Å². The van der Waals surface area contributed by atoms with Crippen LogP contribution in [-0.2, 0) is 11.3 Å². The third-order valence-corrected chi connectivity index (χ3v) is 7.28. The van der Waals surface area contributed by atoms with Gasteiger partial charge in [-0.15, -0.1) is 11.3 Å². The second-order valence-electron chi connectivity index (χ2n) is 8.18. The Bertz CT molecular complexity index is 1440. The van der Waals surface area contributed by atoms with Gasteiger partial charge in [-0.2, -0.15) is 0 Å². The Kier molecular flexibility index (Phi) is 8.18. The summed E-state index contributed by atoms with van der Waals surface area (Å²) in [5.41, 5.74) is 0.821. The number of benzene rings is 2. The summed E-state index contributed by atoms with van der Waals surface area (Å²) >= 11 is 1.27. The predicted octanol–water partition coefficient (Wildman–Crippen LogP) is 5.00. The van der Waals surface area contributed by atoms with Crippen molar-refractivity contribution in [2.75, 3.05) is 32.9 Å². The molecule has 2 aromatic carbocycles. The van der Waals surface area contributed by atoms with E-state index in [1.165, 1.54) is 15.9 Å². The molecule has 0 atom stereocenters. The zero-order valence-corrected chi connectivity index (χ0v) is 21.6. The van der Waals surface area contributed by atoms with E-state index in [0.29, 0.717) is 52.3 Å². The second kappa shape index (κ2) is 11.5. The van der Waals surface area contributed by atoms with Crippen LogP contribution in [-0.4, -0.2) is 54.1 Å². The standard InChI is InChI=1S/C28H30N2O5S/c1-4-29(5-2)28(33)26-24(35-17-16-34-6-3)23-25(36-26)20-14-10-11-15-21(20)30(27(23)32)18-22(31)19-12-8-7-9-13-19/h7-15H,4-6,16-18H2,1-3H3. The van der Waals surface area contributed by atoms with Crippen molar-refractivity contribution in [2.24, 2.45) is 0 Å². The lowest BCUT2D eigenvalue weighted by atomic mass is 10.1. The highest BCUT2D eigenvalue weighted by Crippen LogP contribution is 2.40.